The van der Waals surface area contributed by atoms with E-state index in [2.05, 4.69) is 15.3 Å². The first-order chi connectivity index (χ1) is 6.38. The van der Waals surface area contributed by atoms with Gasteiger partial charge in [0.25, 0.3) is 0 Å². The molecule has 1 aromatic heterocycles. The highest BCUT2D eigenvalue weighted by molar-refractivity contribution is 5.26. The first-order valence-corrected chi connectivity index (χ1v) is 4.13. The predicted molar refractivity (Wildman–Crippen MR) is 46.8 cm³/mol. The van der Waals surface area contributed by atoms with Crippen LogP contribution < -0.4 is 10.1 Å². The summed E-state index contributed by atoms with van der Waals surface area (Å²) in [5.74, 6) is 1.16. The summed E-state index contributed by atoms with van der Waals surface area (Å²) in [6.07, 6.45) is 1.81. The Labute approximate surface area is 76.1 Å². The molecule has 5 nitrogen and oxygen atoms in total. The Morgan fingerprint density at radius 2 is 2.46 bits per heavy atom. The Hall–Kier alpha value is -1.36. The van der Waals surface area contributed by atoms with Crippen LogP contribution in [-0.4, -0.2) is 36.3 Å². The minimum Gasteiger partial charge on any atom is -0.469 e. The Balaban J connectivity index is 2.01. The molecule has 0 bridgehead atoms. The summed E-state index contributed by atoms with van der Waals surface area (Å²) >= 11 is 0. The summed E-state index contributed by atoms with van der Waals surface area (Å²) in [6.45, 7) is 1.30. The molecule has 0 radical (unpaired) electrons. The fourth-order valence-corrected chi connectivity index (χ4v) is 0.981. The molecule has 2 heterocycles. The summed E-state index contributed by atoms with van der Waals surface area (Å²) in [7, 11) is 1.77. The molecule has 0 saturated carbocycles. The van der Waals surface area contributed by atoms with Gasteiger partial charge in [0, 0.05) is 19.3 Å². The SMILES string of the molecule is CNc1nccc(OC2COC2)n1. The van der Waals surface area contributed by atoms with Gasteiger partial charge >= 0.3 is 0 Å². The summed E-state index contributed by atoms with van der Waals surface area (Å²) in [6, 6.07) is 1.74. The molecule has 1 aliphatic rings. The largest absolute Gasteiger partial charge is 0.469 e. The number of hydrogen-bond donors (Lipinski definition) is 1. The van der Waals surface area contributed by atoms with Crippen molar-refractivity contribution in [1.82, 2.24) is 9.97 Å². The van der Waals surface area contributed by atoms with E-state index >= 15 is 0 Å². The van der Waals surface area contributed by atoms with E-state index in [1.54, 1.807) is 19.3 Å². The summed E-state index contributed by atoms with van der Waals surface area (Å²) in [5, 5.41) is 2.84. The maximum absolute atomic E-state index is 5.48. The molecule has 0 unspecified atom stereocenters. The highest BCUT2D eigenvalue weighted by Crippen LogP contribution is 2.13. The van der Waals surface area contributed by atoms with Crippen molar-refractivity contribution in [3.05, 3.63) is 12.3 Å². The van der Waals surface area contributed by atoms with Crippen molar-refractivity contribution in [2.24, 2.45) is 0 Å². The van der Waals surface area contributed by atoms with Gasteiger partial charge in [-0.2, -0.15) is 4.98 Å². The third-order valence-corrected chi connectivity index (χ3v) is 1.75. The van der Waals surface area contributed by atoms with E-state index < -0.39 is 0 Å². The van der Waals surface area contributed by atoms with Crippen molar-refractivity contribution in [1.29, 1.82) is 0 Å². The molecule has 1 aromatic rings. The first-order valence-electron chi connectivity index (χ1n) is 4.13. The number of nitrogens with zero attached hydrogens (tertiary/aromatic N) is 2. The molecule has 0 aromatic carbocycles. The fraction of sp³-hybridized carbons (Fsp3) is 0.500. The molecule has 0 aliphatic carbocycles. The number of aromatic nitrogens is 2. The highest BCUT2D eigenvalue weighted by Gasteiger charge is 2.20. The van der Waals surface area contributed by atoms with Gasteiger partial charge in [0.15, 0.2) is 0 Å². The van der Waals surface area contributed by atoms with Crippen LogP contribution >= 0.6 is 0 Å². The molecule has 1 saturated heterocycles. The number of anilines is 1. The van der Waals surface area contributed by atoms with Gasteiger partial charge in [-0.3, -0.25) is 0 Å². The lowest BCUT2D eigenvalue weighted by molar-refractivity contribution is -0.0813. The zero-order valence-electron chi connectivity index (χ0n) is 7.36. The van der Waals surface area contributed by atoms with Crippen LogP contribution in [-0.2, 0) is 4.74 Å². The van der Waals surface area contributed by atoms with Gasteiger partial charge in [-0.25, -0.2) is 4.98 Å². The average Bonchev–Trinajstić information content (AvgIpc) is 2.12. The van der Waals surface area contributed by atoms with E-state index in [9.17, 15) is 0 Å². The Bertz CT molecular complexity index is 288. The van der Waals surface area contributed by atoms with Crippen molar-refractivity contribution in [2.45, 2.75) is 6.10 Å². The lowest BCUT2D eigenvalue weighted by Gasteiger charge is -2.25. The number of ether oxygens (including phenoxy) is 2. The van der Waals surface area contributed by atoms with Crippen molar-refractivity contribution in [2.75, 3.05) is 25.6 Å². The third-order valence-electron chi connectivity index (χ3n) is 1.75. The van der Waals surface area contributed by atoms with Gasteiger partial charge in [-0.15, -0.1) is 0 Å². The molecule has 0 atom stereocenters. The van der Waals surface area contributed by atoms with Gasteiger partial charge < -0.3 is 14.8 Å². The van der Waals surface area contributed by atoms with E-state index in [0.29, 0.717) is 25.0 Å². The molecule has 1 N–H and O–H groups in total. The second-order valence-electron chi connectivity index (χ2n) is 2.75. The Morgan fingerprint density at radius 1 is 1.62 bits per heavy atom. The molecule has 70 valence electrons. The van der Waals surface area contributed by atoms with Gasteiger partial charge in [-0.05, 0) is 0 Å². The first kappa shape index (κ1) is 8.25. The van der Waals surface area contributed by atoms with Crippen LogP contribution in [0.2, 0.25) is 0 Å². The molecule has 1 aliphatic heterocycles. The zero-order valence-corrected chi connectivity index (χ0v) is 7.36. The third kappa shape index (κ3) is 1.86. The number of rotatable bonds is 3. The second kappa shape index (κ2) is 3.57. The molecular weight excluding hydrogens is 170 g/mol. The Kier molecular flexibility index (Phi) is 2.27. The van der Waals surface area contributed by atoms with Crippen LogP contribution in [0.1, 0.15) is 0 Å². The van der Waals surface area contributed by atoms with Gasteiger partial charge in [0.2, 0.25) is 11.8 Å². The maximum Gasteiger partial charge on any atom is 0.225 e. The van der Waals surface area contributed by atoms with Gasteiger partial charge in [0.05, 0.1) is 13.2 Å². The summed E-state index contributed by atoms with van der Waals surface area (Å²) < 4.78 is 10.5. The molecule has 2 rings (SSSR count). The molecule has 5 heteroatoms. The molecule has 13 heavy (non-hydrogen) atoms. The van der Waals surface area contributed by atoms with Gasteiger partial charge in [-0.1, -0.05) is 0 Å². The van der Waals surface area contributed by atoms with Gasteiger partial charge in [0.1, 0.15) is 6.10 Å². The lowest BCUT2D eigenvalue weighted by Crippen LogP contribution is -2.38. The topological polar surface area (TPSA) is 56.3 Å². The van der Waals surface area contributed by atoms with Crippen LogP contribution in [0.15, 0.2) is 12.3 Å². The summed E-state index contributed by atoms with van der Waals surface area (Å²) in [5.41, 5.74) is 0. The lowest BCUT2D eigenvalue weighted by atomic mass is 10.3. The predicted octanol–water partition coefficient (Wildman–Crippen LogP) is 0.296. The van der Waals surface area contributed by atoms with Crippen molar-refractivity contribution >= 4 is 5.95 Å². The van der Waals surface area contributed by atoms with Crippen molar-refractivity contribution in [3.8, 4) is 5.88 Å². The molecule has 1 fully saturated rings. The Morgan fingerprint density at radius 3 is 3.08 bits per heavy atom. The van der Waals surface area contributed by atoms with Crippen molar-refractivity contribution in [3.63, 3.8) is 0 Å². The average molecular weight is 181 g/mol. The standard InChI is InChI=1S/C8H11N3O2/c1-9-8-10-3-2-7(11-8)13-6-4-12-5-6/h2-3,6H,4-5H2,1H3,(H,9,10,11). The quantitative estimate of drug-likeness (QED) is 0.726. The number of hydrogen-bond acceptors (Lipinski definition) is 5. The molecule has 0 spiro atoms. The van der Waals surface area contributed by atoms with E-state index in [1.165, 1.54) is 0 Å². The molecule has 0 amide bonds. The highest BCUT2D eigenvalue weighted by atomic mass is 16.6. The van der Waals surface area contributed by atoms with E-state index in [-0.39, 0.29) is 6.10 Å². The normalized spacial score (nSPS) is 16.4. The van der Waals surface area contributed by atoms with Crippen molar-refractivity contribution < 1.29 is 9.47 Å². The van der Waals surface area contributed by atoms with Crippen LogP contribution in [0.3, 0.4) is 0 Å². The zero-order chi connectivity index (χ0) is 9.10. The van der Waals surface area contributed by atoms with E-state index in [0.717, 1.165) is 0 Å². The van der Waals surface area contributed by atoms with Crippen LogP contribution in [0.25, 0.3) is 0 Å². The minimum absolute atomic E-state index is 0.152. The fourth-order valence-electron chi connectivity index (χ4n) is 0.981. The number of nitrogens with one attached hydrogen (secondary N) is 1. The maximum atomic E-state index is 5.48. The summed E-state index contributed by atoms with van der Waals surface area (Å²) in [4.78, 5) is 8.09. The molecular formula is C8H11N3O2. The van der Waals surface area contributed by atoms with Crippen LogP contribution in [0.5, 0.6) is 5.88 Å². The van der Waals surface area contributed by atoms with E-state index in [1.807, 2.05) is 0 Å². The smallest absolute Gasteiger partial charge is 0.225 e. The monoisotopic (exact) mass is 181 g/mol. The minimum atomic E-state index is 0.152. The van der Waals surface area contributed by atoms with E-state index in [4.69, 9.17) is 9.47 Å². The van der Waals surface area contributed by atoms with Crippen LogP contribution in [0, 0.1) is 0 Å². The second-order valence-corrected chi connectivity index (χ2v) is 2.75. The van der Waals surface area contributed by atoms with Crippen LogP contribution in [0.4, 0.5) is 5.95 Å².